The zero-order chi connectivity index (χ0) is 22.0. The van der Waals surface area contributed by atoms with Gasteiger partial charge in [-0.2, -0.15) is 8.42 Å². The highest BCUT2D eigenvalue weighted by atomic mass is 35.5. The molecular weight excluding hydrogens is 442 g/mol. The van der Waals surface area contributed by atoms with Crippen molar-refractivity contribution >= 4 is 39.3 Å². The molecule has 1 atom stereocenters. The van der Waals surface area contributed by atoms with Crippen LogP contribution in [-0.2, 0) is 28.2 Å². The highest BCUT2D eigenvalue weighted by molar-refractivity contribution is 7.79. The molecule has 1 aromatic carbocycles. The third kappa shape index (κ3) is 9.22. The molecule has 0 unspecified atom stereocenters. The molecule has 4 N–H and O–H groups in total. The molecule has 2 heterocycles. The lowest BCUT2D eigenvalue weighted by Crippen LogP contribution is -2.37. The largest absolute Gasteiger partial charge is 0.480 e. The molecule has 0 bridgehead atoms. The highest BCUT2D eigenvalue weighted by Gasteiger charge is 2.31. The van der Waals surface area contributed by atoms with Gasteiger partial charge >= 0.3 is 16.4 Å². The molecule has 0 spiro atoms. The third-order valence-corrected chi connectivity index (χ3v) is 5.23. The number of aliphatic hydroxyl groups excluding tert-OH is 1. The predicted octanol–water partition coefficient (Wildman–Crippen LogP) is 3.32. The van der Waals surface area contributed by atoms with E-state index in [2.05, 4.69) is 11.4 Å². The van der Waals surface area contributed by atoms with Gasteiger partial charge in [0, 0.05) is 29.6 Å². The molecule has 1 aliphatic rings. The number of carboxylic acids is 1. The van der Waals surface area contributed by atoms with Gasteiger partial charge in [-0.05, 0) is 41.5 Å². The third-order valence-electron chi connectivity index (χ3n) is 3.86. The van der Waals surface area contributed by atoms with Crippen LogP contribution in [-0.4, -0.2) is 51.8 Å². The molecule has 0 amide bonds. The van der Waals surface area contributed by atoms with Gasteiger partial charge in [0.2, 0.25) is 0 Å². The Morgan fingerprint density at radius 2 is 1.86 bits per heavy atom. The van der Waals surface area contributed by atoms with Crippen LogP contribution in [0.3, 0.4) is 0 Å². The lowest BCUT2D eigenvalue weighted by atomic mass is 10.0. The van der Waals surface area contributed by atoms with E-state index in [9.17, 15) is 9.90 Å². The van der Waals surface area contributed by atoms with Crippen molar-refractivity contribution in [2.45, 2.75) is 32.4 Å². The summed E-state index contributed by atoms with van der Waals surface area (Å²) < 4.78 is 31.6. The molecular formula is C18H24ClNO7S2. The molecule has 0 saturated heterocycles. The van der Waals surface area contributed by atoms with Crippen LogP contribution in [0.5, 0.6) is 0 Å². The standard InChI is InChI=1S/C15H14ClNO2S.C3H8O.H2O4S/c16-12-4-2-1-3-11(12)14(15(18)19)17-7-5-13-10(9-17)6-8-20-13;1-2-3-4;1-5(2,3)4/h1-4,6,8,14H,5,7,9H2,(H,18,19);4H,2-3H2,1H3;(H2,1,2,3,4)/t14-;;/m0../s1. The summed E-state index contributed by atoms with van der Waals surface area (Å²) >= 11 is 7.92. The maximum Gasteiger partial charge on any atom is 0.394 e. The molecule has 0 radical (unpaired) electrons. The van der Waals surface area contributed by atoms with Gasteiger partial charge in [-0.15, -0.1) is 11.3 Å². The fourth-order valence-electron chi connectivity index (χ4n) is 2.67. The van der Waals surface area contributed by atoms with E-state index in [0.717, 1.165) is 19.4 Å². The van der Waals surface area contributed by atoms with Crippen LogP contribution < -0.4 is 0 Å². The van der Waals surface area contributed by atoms with E-state index in [-0.39, 0.29) is 0 Å². The SMILES string of the molecule is CCCO.O=C(O)[C@H](c1ccccc1Cl)N1CCc2sccc2C1.O=S(=O)(O)O. The number of carbonyl (C=O) groups is 1. The van der Waals surface area contributed by atoms with Crippen LogP contribution in [0.15, 0.2) is 35.7 Å². The number of thiophene rings is 1. The maximum absolute atomic E-state index is 11.7. The van der Waals surface area contributed by atoms with Gasteiger partial charge < -0.3 is 10.2 Å². The number of aliphatic carboxylic acids is 1. The van der Waals surface area contributed by atoms with Crippen molar-refractivity contribution in [1.29, 1.82) is 0 Å². The van der Waals surface area contributed by atoms with E-state index in [1.807, 2.05) is 24.0 Å². The van der Waals surface area contributed by atoms with E-state index in [0.29, 0.717) is 23.7 Å². The molecule has 1 aliphatic heterocycles. The van der Waals surface area contributed by atoms with Crippen molar-refractivity contribution in [3.63, 3.8) is 0 Å². The normalized spacial score (nSPS) is 14.5. The number of halogens is 1. The summed E-state index contributed by atoms with van der Waals surface area (Å²) in [7, 11) is -4.67. The second-order valence-corrected chi connectivity index (χ2v) is 8.33. The van der Waals surface area contributed by atoms with E-state index in [4.69, 9.17) is 34.2 Å². The van der Waals surface area contributed by atoms with E-state index < -0.39 is 22.4 Å². The van der Waals surface area contributed by atoms with Crippen molar-refractivity contribution in [3.8, 4) is 0 Å². The predicted molar refractivity (Wildman–Crippen MR) is 112 cm³/mol. The van der Waals surface area contributed by atoms with Gasteiger partial charge in [0.05, 0.1) is 0 Å². The van der Waals surface area contributed by atoms with Crippen LogP contribution in [0.2, 0.25) is 5.02 Å². The number of hydrogen-bond acceptors (Lipinski definition) is 6. The van der Waals surface area contributed by atoms with Crippen LogP contribution >= 0.6 is 22.9 Å². The molecule has 0 fully saturated rings. The Morgan fingerprint density at radius 1 is 1.28 bits per heavy atom. The summed E-state index contributed by atoms with van der Waals surface area (Å²) in [4.78, 5) is 15.1. The van der Waals surface area contributed by atoms with Crippen LogP contribution in [0.1, 0.15) is 35.4 Å². The summed E-state index contributed by atoms with van der Waals surface area (Å²) in [6, 6.07) is 8.58. The first-order chi connectivity index (χ1) is 13.6. The minimum atomic E-state index is -4.67. The van der Waals surface area contributed by atoms with Gasteiger partial charge in [-0.25, -0.2) is 0 Å². The van der Waals surface area contributed by atoms with Gasteiger partial charge in [-0.3, -0.25) is 18.8 Å². The average Bonchev–Trinajstić information content (AvgIpc) is 3.10. The van der Waals surface area contributed by atoms with E-state index >= 15 is 0 Å². The van der Waals surface area contributed by atoms with Gasteiger partial charge in [-0.1, -0.05) is 36.7 Å². The number of rotatable bonds is 4. The number of nitrogens with zero attached hydrogens (tertiary/aromatic N) is 1. The molecule has 162 valence electrons. The molecule has 1 aromatic heterocycles. The Balaban J connectivity index is 0.000000396. The minimum Gasteiger partial charge on any atom is -0.480 e. The molecule has 11 heteroatoms. The quantitative estimate of drug-likeness (QED) is 0.505. The van der Waals surface area contributed by atoms with Crippen LogP contribution in [0.25, 0.3) is 0 Å². The molecule has 0 aliphatic carbocycles. The second-order valence-electron chi connectivity index (χ2n) is 6.02. The first kappa shape index (κ1) is 25.5. The fourth-order valence-corrected chi connectivity index (χ4v) is 3.80. The summed E-state index contributed by atoms with van der Waals surface area (Å²) in [5.74, 6) is -0.850. The van der Waals surface area contributed by atoms with Gasteiger partial charge in [0.25, 0.3) is 0 Å². The molecule has 0 saturated carbocycles. The lowest BCUT2D eigenvalue weighted by molar-refractivity contribution is -0.144. The van der Waals surface area contributed by atoms with Crippen LogP contribution in [0.4, 0.5) is 0 Å². The summed E-state index contributed by atoms with van der Waals surface area (Å²) in [6.07, 6.45) is 1.78. The first-order valence-corrected chi connectivity index (χ1v) is 11.3. The van der Waals surface area contributed by atoms with Gasteiger partial charge in [0.1, 0.15) is 6.04 Å². The molecule has 8 nitrogen and oxygen atoms in total. The maximum atomic E-state index is 11.7. The zero-order valence-corrected chi connectivity index (χ0v) is 18.1. The molecule has 3 rings (SSSR count). The van der Waals surface area contributed by atoms with E-state index in [1.165, 1.54) is 10.4 Å². The molecule has 29 heavy (non-hydrogen) atoms. The van der Waals surface area contributed by atoms with Crippen molar-refractivity contribution in [3.05, 3.63) is 56.7 Å². The smallest absolute Gasteiger partial charge is 0.394 e. The fraction of sp³-hybridized carbons (Fsp3) is 0.389. The van der Waals surface area contributed by atoms with Crippen molar-refractivity contribution in [1.82, 2.24) is 4.90 Å². The summed E-state index contributed by atoms with van der Waals surface area (Å²) in [6.45, 7) is 3.66. The van der Waals surface area contributed by atoms with Crippen LogP contribution in [0, 0.1) is 0 Å². The number of fused-ring (bicyclic) bond motifs is 1. The second kappa shape index (κ2) is 12.2. The topological polar surface area (TPSA) is 135 Å². The molecule has 2 aromatic rings. The Kier molecular flexibility index (Phi) is 10.8. The Hall–Kier alpha value is -1.53. The van der Waals surface area contributed by atoms with Crippen molar-refractivity contribution in [2.75, 3.05) is 13.2 Å². The number of benzene rings is 1. The lowest BCUT2D eigenvalue weighted by Gasteiger charge is -2.32. The number of carboxylic acid groups (broad SMARTS) is 1. The Bertz CT molecular complexity index is 876. The van der Waals surface area contributed by atoms with Crippen molar-refractivity contribution < 1.29 is 32.5 Å². The summed E-state index contributed by atoms with van der Waals surface area (Å²) in [5, 5.41) is 20.1. The van der Waals surface area contributed by atoms with Gasteiger partial charge in [0.15, 0.2) is 0 Å². The summed E-state index contributed by atoms with van der Waals surface area (Å²) in [5.41, 5.74) is 1.90. The number of hydrogen-bond donors (Lipinski definition) is 4. The minimum absolute atomic E-state index is 0.319. The monoisotopic (exact) mass is 465 g/mol. The average molecular weight is 466 g/mol. The van der Waals surface area contributed by atoms with Crippen molar-refractivity contribution in [2.24, 2.45) is 0 Å². The number of aliphatic hydroxyl groups is 1. The first-order valence-electron chi connectivity index (χ1n) is 8.65. The Labute approximate surface area is 178 Å². The van der Waals surface area contributed by atoms with E-state index in [1.54, 1.807) is 23.5 Å². The zero-order valence-electron chi connectivity index (χ0n) is 15.7. The Morgan fingerprint density at radius 3 is 2.38 bits per heavy atom. The highest BCUT2D eigenvalue weighted by Crippen LogP contribution is 2.33.